The fraction of sp³-hybridized carbons (Fsp3) is 0.250. The standard InChI is InChI=1S/C20H23N3O5/c1-13(24)22-15-5-4-6-16(10-15)23-20(26)11-19(25)21-12-14-7-8-17(27-2)18(9-14)28-3/h4-10H,11-12H2,1-3H3,(H,21,25)(H,22,24)(H,23,26). The van der Waals surface area contributed by atoms with Gasteiger partial charge in [0.2, 0.25) is 17.7 Å². The molecule has 3 amide bonds. The van der Waals surface area contributed by atoms with Crippen molar-refractivity contribution in [2.45, 2.75) is 19.9 Å². The van der Waals surface area contributed by atoms with Gasteiger partial charge in [0, 0.05) is 24.8 Å². The van der Waals surface area contributed by atoms with Gasteiger partial charge in [-0.25, -0.2) is 0 Å². The topological polar surface area (TPSA) is 106 Å². The predicted octanol–water partition coefficient (Wildman–Crippen LogP) is 2.31. The first-order chi connectivity index (χ1) is 13.4. The Morgan fingerprint density at radius 2 is 1.54 bits per heavy atom. The molecular formula is C20H23N3O5. The normalized spacial score (nSPS) is 9.96. The minimum Gasteiger partial charge on any atom is -0.493 e. The van der Waals surface area contributed by atoms with E-state index in [1.165, 1.54) is 14.0 Å². The van der Waals surface area contributed by atoms with E-state index in [0.717, 1.165) is 5.56 Å². The zero-order chi connectivity index (χ0) is 20.5. The molecule has 0 saturated carbocycles. The average Bonchev–Trinajstić information content (AvgIpc) is 2.65. The van der Waals surface area contributed by atoms with Gasteiger partial charge in [-0.05, 0) is 35.9 Å². The lowest BCUT2D eigenvalue weighted by molar-refractivity contribution is -0.127. The maximum Gasteiger partial charge on any atom is 0.233 e. The molecule has 0 aromatic heterocycles. The van der Waals surface area contributed by atoms with Crippen molar-refractivity contribution in [2.75, 3.05) is 24.9 Å². The summed E-state index contributed by atoms with van der Waals surface area (Å²) >= 11 is 0. The third-order valence-corrected chi connectivity index (χ3v) is 3.73. The Kier molecular flexibility index (Phi) is 7.38. The quantitative estimate of drug-likeness (QED) is 0.605. The van der Waals surface area contributed by atoms with E-state index in [1.54, 1.807) is 49.6 Å². The Morgan fingerprint density at radius 1 is 0.857 bits per heavy atom. The highest BCUT2D eigenvalue weighted by atomic mass is 16.5. The number of carbonyl (C=O) groups excluding carboxylic acids is 3. The number of carbonyl (C=O) groups is 3. The molecular weight excluding hydrogens is 362 g/mol. The first-order valence-electron chi connectivity index (χ1n) is 8.56. The number of amides is 3. The summed E-state index contributed by atoms with van der Waals surface area (Å²) in [7, 11) is 3.08. The number of benzene rings is 2. The van der Waals surface area contributed by atoms with E-state index in [9.17, 15) is 14.4 Å². The molecule has 2 aromatic carbocycles. The second kappa shape index (κ2) is 9.96. The van der Waals surface area contributed by atoms with Gasteiger partial charge in [-0.1, -0.05) is 12.1 Å². The Labute approximate surface area is 163 Å². The largest absolute Gasteiger partial charge is 0.493 e. The summed E-state index contributed by atoms with van der Waals surface area (Å²) in [6, 6.07) is 12.0. The molecule has 0 saturated heterocycles. The van der Waals surface area contributed by atoms with Gasteiger partial charge in [-0.2, -0.15) is 0 Å². The van der Waals surface area contributed by atoms with Gasteiger partial charge in [-0.3, -0.25) is 14.4 Å². The van der Waals surface area contributed by atoms with E-state index in [2.05, 4.69) is 16.0 Å². The molecule has 148 valence electrons. The first-order valence-corrected chi connectivity index (χ1v) is 8.56. The molecule has 8 heteroatoms. The molecule has 2 aromatic rings. The smallest absolute Gasteiger partial charge is 0.233 e. The molecule has 0 aliphatic heterocycles. The fourth-order valence-corrected chi connectivity index (χ4v) is 2.48. The highest BCUT2D eigenvalue weighted by molar-refractivity contribution is 6.03. The van der Waals surface area contributed by atoms with Crippen molar-refractivity contribution in [3.05, 3.63) is 48.0 Å². The average molecular weight is 385 g/mol. The summed E-state index contributed by atoms with van der Waals surface area (Å²) in [5.74, 6) is 0.0811. The van der Waals surface area contributed by atoms with Crippen LogP contribution >= 0.6 is 0 Å². The molecule has 3 N–H and O–H groups in total. The Bertz CT molecular complexity index is 867. The molecule has 0 spiro atoms. The molecule has 2 rings (SSSR count). The van der Waals surface area contributed by atoms with E-state index in [4.69, 9.17) is 9.47 Å². The summed E-state index contributed by atoms with van der Waals surface area (Å²) in [6.45, 7) is 1.65. The van der Waals surface area contributed by atoms with Crippen molar-refractivity contribution in [1.29, 1.82) is 0 Å². The summed E-state index contributed by atoms with van der Waals surface area (Å²) in [5.41, 5.74) is 1.86. The van der Waals surface area contributed by atoms with Crippen LogP contribution in [0.4, 0.5) is 11.4 Å². The lowest BCUT2D eigenvalue weighted by Crippen LogP contribution is -2.27. The molecule has 0 heterocycles. The highest BCUT2D eigenvalue weighted by Gasteiger charge is 2.11. The number of methoxy groups -OCH3 is 2. The molecule has 28 heavy (non-hydrogen) atoms. The zero-order valence-corrected chi connectivity index (χ0v) is 16.0. The third kappa shape index (κ3) is 6.31. The minimum atomic E-state index is -0.454. The number of hydrogen-bond donors (Lipinski definition) is 3. The van der Waals surface area contributed by atoms with Crippen molar-refractivity contribution in [3.8, 4) is 11.5 Å². The van der Waals surface area contributed by atoms with Gasteiger partial charge in [0.05, 0.1) is 14.2 Å². The molecule has 8 nitrogen and oxygen atoms in total. The van der Waals surface area contributed by atoms with Crippen LogP contribution in [0.2, 0.25) is 0 Å². The Morgan fingerprint density at radius 3 is 2.18 bits per heavy atom. The number of rotatable bonds is 8. The van der Waals surface area contributed by atoms with Crippen LogP contribution in [0.5, 0.6) is 11.5 Å². The number of ether oxygens (including phenoxy) is 2. The fourth-order valence-electron chi connectivity index (χ4n) is 2.48. The summed E-state index contributed by atoms with van der Waals surface area (Å²) < 4.78 is 10.4. The van der Waals surface area contributed by atoms with Crippen LogP contribution in [0.25, 0.3) is 0 Å². The second-order valence-electron chi connectivity index (χ2n) is 5.95. The monoisotopic (exact) mass is 385 g/mol. The number of hydrogen-bond acceptors (Lipinski definition) is 5. The maximum atomic E-state index is 12.1. The van der Waals surface area contributed by atoms with E-state index in [-0.39, 0.29) is 18.9 Å². The van der Waals surface area contributed by atoms with E-state index >= 15 is 0 Å². The highest BCUT2D eigenvalue weighted by Crippen LogP contribution is 2.27. The van der Waals surface area contributed by atoms with Crippen LogP contribution in [0.3, 0.4) is 0 Å². The van der Waals surface area contributed by atoms with E-state index in [1.807, 2.05) is 0 Å². The first kappa shape index (κ1) is 20.8. The van der Waals surface area contributed by atoms with Crippen LogP contribution in [0.15, 0.2) is 42.5 Å². The Balaban J connectivity index is 1.86. The molecule has 0 aliphatic carbocycles. The molecule has 0 radical (unpaired) electrons. The van der Waals surface area contributed by atoms with Gasteiger partial charge in [-0.15, -0.1) is 0 Å². The van der Waals surface area contributed by atoms with Crippen molar-refractivity contribution in [2.24, 2.45) is 0 Å². The van der Waals surface area contributed by atoms with E-state index in [0.29, 0.717) is 22.9 Å². The van der Waals surface area contributed by atoms with Crippen LogP contribution in [0, 0.1) is 0 Å². The van der Waals surface area contributed by atoms with E-state index < -0.39 is 11.8 Å². The summed E-state index contributed by atoms with van der Waals surface area (Å²) in [6.07, 6.45) is -0.322. The van der Waals surface area contributed by atoms with Crippen LogP contribution < -0.4 is 25.4 Å². The molecule has 0 aliphatic rings. The summed E-state index contributed by atoms with van der Waals surface area (Å²) in [4.78, 5) is 35.2. The second-order valence-corrected chi connectivity index (χ2v) is 5.95. The van der Waals surface area contributed by atoms with Crippen LogP contribution in [-0.4, -0.2) is 31.9 Å². The molecule has 0 fully saturated rings. The maximum absolute atomic E-state index is 12.1. The summed E-state index contributed by atoms with van der Waals surface area (Å²) in [5, 5.41) is 7.95. The molecule has 0 bridgehead atoms. The van der Waals surface area contributed by atoms with Crippen LogP contribution in [-0.2, 0) is 20.9 Å². The zero-order valence-electron chi connectivity index (χ0n) is 16.0. The van der Waals surface area contributed by atoms with Gasteiger partial charge >= 0.3 is 0 Å². The molecule has 0 atom stereocenters. The van der Waals surface area contributed by atoms with Gasteiger partial charge in [0.15, 0.2) is 11.5 Å². The van der Waals surface area contributed by atoms with Crippen molar-refractivity contribution >= 4 is 29.1 Å². The minimum absolute atomic E-state index is 0.210. The van der Waals surface area contributed by atoms with Crippen molar-refractivity contribution < 1.29 is 23.9 Å². The van der Waals surface area contributed by atoms with Gasteiger partial charge in [0.1, 0.15) is 6.42 Å². The number of anilines is 2. The Hall–Kier alpha value is -3.55. The van der Waals surface area contributed by atoms with Crippen LogP contribution in [0.1, 0.15) is 18.9 Å². The third-order valence-electron chi connectivity index (χ3n) is 3.73. The van der Waals surface area contributed by atoms with Gasteiger partial charge in [0.25, 0.3) is 0 Å². The lowest BCUT2D eigenvalue weighted by atomic mass is 10.2. The van der Waals surface area contributed by atoms with Gasteiger partial charge < -0.3 is 25.4 Å². The lowest BCUT2D eigenvalue weighted by Gasteiger charge is -2.11. The molecule has 0 unspecified atom stereocenters. The predicted molar refractivity (Wildman–Crippen MR) is 105 cm³/mol. The van der Waals surface area contributed by atoms with Crippen molar-refractivity contribution in [3.63, 3.8) is 0 Å². The van der Waals surface area contributed by atoms with Crippen molar-refractivity contribution in [1.82, 2.24) is 5.32 Å². The SMILES string of the molecule is COc1ccc(CNC(=O)CC(=O)Nc2cccc(NC(C)=O)c2)cc1OC. The number of nitrogens with one attached hydrogen (secondary N) is 3.